The van der Waals surface area contributed by atoms with Gasteiger partial charge in [-0.25, -0.2) is 14.6 Å². The van der Waals surface area contributed by atoms with Crippen LogP contribution in [0.3, 0.4) is 0 Å². The standard InChI is InChI=1S/C16H24N4O.2C2HF3O2/c1-20(2)15-13(16(21)18-10-11-3-4-11)9-12-5-7-17-8-6-14(12)19-15;2*3-2(4,5)1(6)7/h9,11,17H,3-8,10H2,1-2H3,(H,18,21);2*(H,6,7). The first-order valence-electron chi connectivity index (χ1n) is 10.3. The van der Waals surface area contributed by atoms with Gasteiger partial charge >= 0.3 is 24.3 Å². The van der Waals surface area contributed by atoms with E-state index in [0.717, 1.165) is 44.0 Å². The van der Waals surface area contributed by atoms with Crippen LogP contribution < -0.4 is 15.5 Å². The fourth-order valence-corrected chi connectivity index (χ4v) is 2.73. The summed E-state index contributed by atoms with van der Waals surface area (Å²) in [5.74, 6) is -4.03. The number of carbonyl (C=O) groups excluding carboxylic acids is 1. The third-order valence-electron chi connectivity index (χ3n) is 4.68. The molecule has 1 amide bonds. The van der Waals surface area contributed by atoms with E-state index < -0.39 is 24.3 Å². The van der Waals surface area contributed by atoms with Crippen molar-refractivity contribution in [1.29, 1.82) is 0 Å². The third-order valence-corrected chi connectivity index (χ3v) is 4.68. The van der Waals surface area contributed by atoms with Crippen molar-refractivity contribution in [1.82, 2.24) is 15.6 Å². The largest absolute Gasteiger partial charge is 0.490 e. The number of aromatic nitrogens is 1. The van der Waals surface area contributed by atoms with Crippen molar-refractivity contribution < 1.29 is 50.9 Å². The zero-order chi connectivity index (χ0) is 27.0. The zero-order valence-corrected chi connectivity index (χ0v) is 18.9. The number of carbonyl (C=O) groups is 3. The van der Waals surface area contributed by atoms with Crippen LogP contribution in [0, 0.1) is 5.92 Å². The lowest BCUT2D eigenvalue weighted by molar-refractivity contribution is -0.193. The van der Waals surface area contributed by atoms with Gasteiger partial charge in [0.1, 0.15) is 5.82 Å². The van der Waals surface area contributed by atoms with E-state index in [-0.39, 0.29) is 5.91 Å². The number of fused-ring (bicyclic) bond motifs is 1. The monoisotopic (exact) mass is 516 g/mol. The van der Waals surface area contributed by atoms with Crippen LogP contribution in [-0.4, -0.2) is 79.1 Å². The summed E-state index contributed by atoms with van der Waals surface area (Å²) in [6, 6.07) is 2.05. The van der Waals surface area contributed by atoms with Gasteiger partial charge in [-0.05, 0) is 43.4 Å². The third kappa shape index (κ3) is 10.8. The average Bonchev–Trinajstić information content (AvgIpc) is 3.57. The molecule has 1 aliphatic carbocycles. The summed E-state index contributed by atoms with van der Waals surface area (Å²) in [6.45, 7) is 2.71. The van der Waals surface area contributed by atoms with E-state index in [2.05, 4.69) is 10.6 Å². The highest BCUT2D eigenvalue weighted by molar-refractivity contribution is 5.99. The van der Waals surface area contributed by atoms with E-state index in [1.165, 1.54) is 18.4 Å². The number of carboxylic acids is 2. The highest BCUT2D eigenvalue weighted by Gasteiger charge is 2.38. The van der Waals surface area contributed by atoms with Gasteiger partial charge in [0.15, 0.2) is 0 Å². The van der Waals surface area contributed by atoms with Gasteiger partial charge in [-0.2, -0.15) is 26.3 Å². The molecule has 9 nitrogen and oxygen atoms in total. The number of nitrogens with one attached hydrogen (secondary N) is 2. The fourth-order valence-electron chi connectivity index (χ4n) is 2.73. The number of pyridine rings is 1. The molecule has 2 heterocycles. The summed E-state index contributed by atoms with van der Waals surface area (Å²) in [6.07, 6.45) is -5.80. The Kier molecular flexibility index (Phi) is 10.7. The van der Waals surface area contributed by atoms with Crippen molar-refractivity contribution in [2.75, 3.05) is 38.6 Å². The quantitative estimate of drug-likeness (QED) is 0.448. The van der Waals surface area contributed by atoms with Gasteiger partial charge in [-0.15, -0.1) is 0 Å². The second-order valence-corrected chi connectivity index (χ2v) is 7.87. The van der Waals surface area contributed by atoms with Gasteiger partial charge < -0.3 is 25.7 Å². The number of alkyl halides is 6. The number of halogens is 6. The van der Waals surface area contributed by atoms with Crippen LogP contribution in [0.5, 0.6) is 0 Å². The lowest BCUT2D eigenvalue weighted by atomic mass is 10.0. The van der Waals surface area contributed by atoms with E-state index in [9.17, 15) is 31.1 Å². The minimum absolute atomic E-state index is 0.0121. The van der Waals surface area contributed by atoms with Crippen molar-refractivity contribution in [2.24, 2.45) is 5.92 Å². The predicted molar refractivity (Wildman–Crippen MR) is 111 cm³/mol. The van der Waals surface area contributed by atoms with Gasteiger partial charge in [0.25, 0.3) is 5.91 Å². The molecule has 0 unspecified atom stereocenters. The molecule has 0 bridgehead atoms. The normalized spacial score (nSPS) is 15.2. The summed E-state index contributed by atoms with van der Waals surface area (Å²) < 4.78 is 63.5. The molecule has 0 atom stereocenters. The molecule has 15 heteroatoms. The van der Waals surface area contributed by atoms with Gasteiger partial charge in [0, 0.05) is 39.3 Å². The summed E-state index contributed by atoms with van der Waals surface area (Å²) in [5.41, 5.74) is 3.05. The van der Waals surface area contributed by atoms with Gasteiger partial charge in [-0.3, -0.25) is 4.79 Å². The Morgan fingerprint density at radius 3 is 1.94 bits per heavy atom. The molecular formula is C20H26F6N4O5. The van der Waals surface area contributed by atoms with Crippen molar-refractivity contribution in [3.8, 4) is 0 Å². The summed E-state index contributed by atoms with van der Waals surface area (Å²) >= 11 is 0. The van der Waals surface area contributed by atoms with E-state index in [4.69, 9.17) is 24.8 Å². The average molecular weight is 516 g/mol. The number of anilines is 1. The Labute approximate surface area is 196 Å². The van der Waals surface area contributed by atoms with E-state index in [0.29, 0.717) is 11.5 Å². The number of aliphatic carboxylic acids is 2. The highest BCUT2D eigenvalue weighted by atomic mass is 19.4. The number of carboxylic acid groups (broad SMARTS) is 2. The van der Waals surface area contributed by atoms with Crippen molar-refractivity contribution >= 4 is 23.7 Å². The summed E-state index contributed by atoms with van der Waals surface area (Å²) in [5, 5.41) is 20.7. The van der Waals surface area contributed by atoms with Crippen molar-refractivity contribution in [3.05, 3.63) is 22.9 Å². The van der Waals surface area contributed by atoms with Crippen LogP contribution in [0.2, 0.25) is 0 Å². The smallest absolute Gasteiger partial charge is 0.475 e. The minimum atomic E-state index is -5.08. The van der Waals surface area contributed by atoms with E-state index >= 15 is 0 Å². The molecule has 1 aromatic heterocycles. The zero-order valence-electron chi connectivity index (χ0n) is 18.9. The Balaban J connectivity index is 0.000000362. The molecule has 35 heavy (non-hydrogen) atoms. The van der Waals surface area contributed by atoms with Crippen LogP contribution in [0.1, 0.15) is 34.5 Å². The Morgan fingerprint density at radius 1 is 1.03 bits per heavy atom. The minimum Gasteiger partial charge on any atom is -0.475 e. The molecule has 0 saturated heterocycles. The predicted octanol–water partition coefficient (Wildman–Crippen LogP) is 2.24. The van der Waals surface area contributed by atoms with E-state index in [1.807, 2.05) is 25.1 Å². The second kappa shape index (κ2) is 12.6. The first-order valence-corrected chi connectivity index (χ1v) is 10.3. The first kappa shape index (κ1) is 29.9. The van der Waals surface area contributed by atoms with Crippen LogP contribution in [-0.2, 0) is 22.4 Å². The summed E-state index contributed by atoms with van der Waals surface area (Å²) in [7, 11) is 3.89. The van der Waals surface area contributed by atoms with Gasteiger partial charge in [0.05, 0.1) is 5.56 Å². The lowest BCUT2D eigenvalue weighted by Crippen LogP contribution is -2.28. The molecular weight excluding hydrogens is 490 g/mol. The number of nitrogens with zero attached hydrogens (tertiary/aromatic N) is 2. The Bertz CT molecular complexity index is 877. The van der Waals surface area contributed by atoms with Crippen LogP contribution in [0.25, 0.3) is 0 Å². The van der Waals surface area contributed by atoms with Crippen LogP contribution in [0.15, 0.2) is 6.07 Å². The molecule has 1 saturated carbocycles. The molecule has 4 N–H and O–H groups in total. The molecule has 1 fully saturated rings. The number of amides is 1. The molecule has 3 rings (SSSR count). The van der Waals surface area contributed by atoms with E-state index in [1.54, 1.807) is 0 Å². The lowest BCUT2D eigenvalue weighted by Gasteiger charge is -2.19. The number of rotatable bonds is 4. The molecule has 1 aromatic rings. The Morgan fingerprint density at radius 2 is 1.51 bits per heavy atom. The maximum Gasteiger partial charge on any atom is 0.490 e. The Hall–Kier alpha value is -3.10. The van der Waals surface area contributed by atoms with Crippen molar-refractivity contribution in [2.45, 2.75) is 38.0 Å². The van der Waals surface area contributed by atoms with Crippen LogP contribution in [0.4, 0.5) is 32.2 Å². The topological polar surface area (TPSA) is 132 Å². The maximum atomic E-state index is 12.5. The van der Waals surface area contributed by atoms with Crippen LogP contribution >= 0.6 is 0 Å². The molecule has 2 aliphatic rings. The molecule has 0 spiro atoms. The highest BCUT2D eigenvalue weighted by Crippen LogP contribution is 2.28. The van der Waals surface area contributed by atoms with Crippen molar-refractivity contribution in [3.63, 3.8) is 0 Å². The SMILES string of the molecule is CN(C)c1nc2c(cc1C(=O)NCC1CC1)CCNCC2.O=C(O)C(F)(F)F.O=C(O)C(F)(F)F. The number of hydrogen-bond donors (Lipinski definition) is 4. The fraction of sp³-hybridized carbons (Fsp3) is 0.600. The summed E-state index contributed by atoms with van der Waals surface area (Å²) in [4.78, 5) is 37.0. The number of hydrogen-bond acceptors (Lipinski definition) is 6. The molecule has 0 aromatic carbocycles. The van der Waals surface area contributed by atoms with Gasteiger partial charge in [0.2, 0.25) is 0 Å². The molecule has 1 aliphatic heterocycles. The van der Waals surface area contributed by atoms with Gasteiger partial charge in [-0.1, -0.05) is 0 Å². The first-order chi connectivity index (χ1) is 16.0. The molecule has 198 valence electrons. The molecule has 0 radical (unpaired) electrons. The second-order valence-electron chi connectivity index (χ2n) is 7.87. The maximum absolute atomic E-state index is 12.5.